The van der Waals surface area contributed by atoms with Crippen LogP contribution in [0.3, 0.4) is 0 Å². The average molecular weight is 538 g/mol. The van der Waals surface area contributed by atoms with Gasteiger partial charge < -0.3 is 10.2 Å². The Bertz CT molecular complexity index is 1280. The number of rotatable bonds is 7. The second-order valence-electron chi connectivity index (χ2n) is 8.74. The molecule has 0 unspecified atom stereocenters. The van der Waals surface area contributed by atoms with Crippen LogP contribution in [0, 0.1) is 0 Å². The number of benzene rings is 2. The third-order valence-corrected chi connectivity index (χ3v) is 8.79. The molecule has 0 spiro atoms. The van der Waals surface area contributed by atoms with Crippen LogP contribution in [0.4, 0.5) is 0 Å². The lowest BCUT2D eigenvalue weighted by molar-refractivity contribution is -0.140. The fourth-order valence-electron chi connectivity index (χ4n) is 4.41. The Labute approximate surface area is 214 Å². The number of nitrogens with one attached hydrogen (secondary N) is 1. The van der Waals surface area contributed by atoms with Crippen molar-refractivity contribution in [3.63, 3.8) is 0 Å². The lowest BCUT2D eigenvalue weighted by atomic mass is 10.1. The van der Waals surface area contributed by atoms with E-state index in [1.807, 2.05) is 0 Å². The van der Waals surface area contributed by atoms with Crippen molar-refractivity contribution in [1.82, 2.24) is 14.5 Å². The highest BCUT2D eigenvalue weighted by Gasteiger charge is 2.43. The van der Waals surface area contributed by atoms with Crippen LogP contribution < -0.4 is 5.32 Å². The summed E-state index contributed by atoms with van der Waals surface area (Å²) < 4.78 is 26.5. The predicted molar refractivity (Wildman–Crippen MR) is 132 cm³/mol. The molecule has 1 aliphatic carbocycles. The summed E-state index contributed by atoms with van der Waals surface area (Å²) in [6, 6.07) is 9.68. The summed E-state index contributed by atoms with van der Waals surface area (Å²) in [6.45, 7) is 0.770. The van der Waals surface area contributed by atoms with Crippen LogP contribution in [-0.4, -0.2) is 54.0 Å². The minimum Gasteiger partial charge on any atom is -0.352 e. The smallest absolute Gasteiger partial charge is 0.269 e. The molecule has 8 nitrogen and oxygen atoms in total. The van der Waals surface area contributed by atoms with Gasteiger partial charge in [-0.15, -0.1) is 0 Å². The first kappa shape index (κ1) is 25.5. The van der Waals surface area contributed by atoms with Gasteiger partial charge in [-0.25, -0.2) is 12.7 Å². The quantitative estimate of drug-likeness (QED) is 0.580. The Hall–Kier alpha value is -2.62. The van der Waals surface area contributed by atoms with E-state index >= 15 is 0 Å². The largest absolute Gasteiger partial charge is 0.352 e. The summed E-state index contributed by atoms with van der Waals surface area (Å²) in [5.74, 6) is -1.83. The topological polar surface area (TPSA) is 104 Å². The minimum atomic E-state index is -4.18. The summed E-state index contributed by atoms with van der Waals surface area (Å²) in [4.78, 5) is 40.4. The van der Waals surface area contributed by atoms with Crippen LogP contribution in [0.2, 0.25) is 10.0 Å². The molecule has 2 aromatic rings. The molecule has 0 aromatic heterocycles. The van der Waals surface area contributed by atoms with Crippen LogP contribution in [0.25, 0.3) is 0 Å². The van der Waals surface area contributed by atoms with Crippen LogP contribution in [-0.2, 0) is 26.2 Å². The van der Waals surface area contributed by atoms with Crippen LogP contribution in [0.1, 0.15) is 48.5 Å². The molecule has 11 heteroatoms. The SMILES string of the molecule is C[C@@H](C(=O)NC1CCCC1)N(Cc1ccc(Cl)cc1Cl)C(=O)CN1C(=O)c2ccccc2S1(=O)=O. The van der Waals surface area contributed by atoms with Gasteiger partial charge in [-0.05, 0) is 49.6 Å². The number of nitrogens with zero attached hydrogens (tertiary/aromatic N) is 2. The van der Waals surface area contributed by atoms with Crippen LogP contribution in [0.5, 0.6) is 0 Å². The van der Waals surface area contributed by atoms with Crippen molar-refractivity contribution in [3.8, 4) is 0 Å². The molecular formula is C24H25Cl2N3O5S. The summed E-state index contributed by atoms with van der Waals surface area (Å²) in [5, 5.41) is 3.68. The first-order valence-electron chi connectivity index (χ1n) is 11.3. The third kappa shape index (κ3) is 5.17. The van der Waals surface area contributed by atoms with Gasteiger partial charge in [0.1, 0.15) is 17.5 Å². The number of sulfonamides is 1. The normalized spacial score (nSPS) is 17.8. The molecule has 1 saturated carbocycles. The monoisotopic (exact) mass is 537 g/mol. The van der Waals surface area contributed by atoms with Crippen molar-refractivity contribution in [2.45, 2.75) is 56.1 Å². The maximum Gasteiger partial charge on any atom is 0.269 e. The molecule has 35 heavy (non-hydrogen) atoms. The Balaban J connectivity index is 1.60. The Morgan fingerprint density at radius 2 is 1.83 bits per heavy atom. The van der Waals surface area contributed by atoms with Gasteiger partial charge in [0, 0.05) is 22.6 Å². The molecule has 1 heterocycles. The van der Waals surface area contributed by atoms with Crippen molar-refractivity contribution < 1.29 is 22.8 Å². The number of amides is 3. The van der Waals surface area contributed by atoms with Gasteiger partial charge >= 0.3 is 0 Å². The predicted octanol–water partition coefficient (Wildman–Crippen LogP) is 3.61. The Morgan fingerprint density at radius 3 is 2.49 bits per heavy atom. The molecule has 4 rings (SSSR count). The summed E-state index contributed by atoms with van der Waals surface area (Å²) in [7, 11) is -4.18. The molecular weight excluding hydrogens is 513 g/mol. The number of halogens is 2. The van der Waals surface area contributed by atoms with E-state index in [-0.39, 0.29) is 29.0 Å². The van der Waals surface area contributed by atoms with E-state index in [0.717, 1.165) is 25.7 Å². The summed E-state index contributed by atoms with van der Waals surface area (Å²) >= 11 is 12.3. The first-order chi connectivity index (χ1) is 16.6. The van der Waals surface area contributed by atoms with E-state index in [1.54, 1.807) is 25.1 Å². The van der Waals surface area contributed by atoms with Gasteiger partial charge in [0.2, 0.25) is 11.8 Å². The molecule has 1 N–H and O–H groups in total. The molecule has 0 saturated heterocycles. The fourth-order valence-corrected chi connectivity index (χ4v) is 6.40. The van der Waals surface area contributed by atoms with Gasteiger partial charge in [0.25, 0.3) is 15.9 Å². The molecule has 1 atom stereocenters. The number of hydrogen-bond acceptors (Lipinski definition) is 5. The molecule has 186 valence electrons. The van der Waals surface area contributed by atoms with Crippen molar-refractivity contribution >= 4 is 50.9 Å². The third-order valence-electron chi connectivity index (χ3n) is 6.42. The van der Waals surface area contributed by atoms with E-state index in [9.17, 15) is 22.8 Å². The minimum absolute atomic E-state index is 0.0135. The molecule has 2 aliphatic rings. The van der Waals surface area contributed by atoms with Crippen molar-refractivity contribution in [3.05, 3.63) is 63.6 Å². The highest BCUT2D eigenvalue weighted by molar-refractivity contribution is 7.90. The number of carbonyl (C=O) groups excluding carboxylic acids is 3. The standard InChI is InChI=1S/C24H25Cl2N3O5S/c1-15(23(31)27-18-6-2-3-7-18)28(13-16-10-11-17(25)12-20(16)26)22(30)14-29-24(32)19-8-4-5-9-21(19)35(29,33)34/h4-5,8-12,15,18H,2-3,6-7,13-14H2,1H3,(H,27,31)/t15-/m0/s1. The maximum atomic E-state index is 13.5. The van der Waals surface area contributed by atoms with E-state index < -0.39 is 34.4 Å². The molecule has 1 fully saturated rings. The van der Waals surface area contributed by atoms with Gasteiger partial charge in [-0.1, -0.05) is 54.2 Å². The van der Waals surface area contributed by atoms with Gasteiger partial charge in [0.05, 0.1) is 5.56 Å². The molecule has 0 radical (unpaired) electrons. The zero-order chi connectivity index (χ0) is 25.3. The first-order valence-corrected chi connectivity index (χ1v) is 13.5. The summed E-state index contributed by atoms with van der Waals surface area (Å²) in [5.41, 5.74) is 0.545. The average Bonchev–Trinajstić information content (AvgIpc) is 3.39. The zero-order valence-corrected chi connectivity index (χ0v) is 21.4. The molecule has 2 aromatic carbocycles. The highest BCUT2D eigenvalue weighted by atomic mass is 35.5. The van der Waals surface area contributed by atoms with E-state index in [1.165, 1.54) is 29.2 Å². The van der Waals surface area contributed by atoms with E-state index in [0.29, 0.717) is 19.9 Å². The van der Waals surface area contributed by atoms with Gasteiger partial charge in [-0.2, -0.15) is 0 Å². The van der Waals surface area contributed by atoms with Crippen LogP contribution >= 0.6 is 23.2 Å². The summed E-state index contributed by atoms with van der Waals surface area (Å²) in [6.07, 6.45) is 3.79. The Morgan fingerprint density at radius 1 is 1.14 bits per heavy atom. The van der Waals surface area contributed by atoms with Crippen molar-refractivity contribution in [2.75, 3.05) is 6.54 Å². The van der Waals surface area contributed by atoms with Gasteiger partial charge in [0.15, 0.2) is 0 Å². The number of hydrogen-bond donors (Lipinski definition) is 1. The van der Waals surface area contributed by atoms with Crippen LogP contribution in [0.15, 0.2) is 47.4 Å². The van der Waals surface area contributed by atoms with E-state index in [4.69, 9.17) is 23.2 Å². The zero-order valence-electron chi connectivity index (χ0n) is 19.0. The van der Waals surface area contributed by atoms with Crippen molar-refractivity contribution in [1.29, 1.82) is 0 Å². The molecule has 1 aliphatic heterocycles. The lowest BCUT2D eigenvalue weighted by Gasteiger charge is -2.31. The lowest BCUT2D eigenvalue weighted by Crippen LogP contribution is -2.52. The van der Waals surface area contributed by atoms with E-state index in [2.05, 4.69) is 5.32 Å². The van der Waals surface area contributed by atoms with Crippen molar-refractivity contribution in [2.24, 2.45) is 0 Å². The fraction of sp³-hybridized carbons (Fsp3) is 0.375. The Kier molecular flexibility index (Phi) is 7.40. The molecule has 3 amide bonds. The van der Waals surface area contributed by atoms with Gasteiger partial charge in [-0.3, -0.25) is 14.4 Å². The number of carbonyl (C=O) groups is 3. The highest BCUT2D eigenvalue weighted by Crippen LogP contribution is 2.30. The second kappa shape index (κ2) is 10.2. The maximum absolute atomic E-state index is 13.5. The number of fused-ring (bicyclic) bond motifs is 1. The molecule has 0 bridgehead atoms. The second-order valence-corrected chi connectivity index (χ2v) is 11.4.